The van der Waals surface area contributed by atoms with Crippen LogP contribution in [0.5, 0.6) is 0 Å². The molecule has 0 aliphatic carbocycles. The summed E-state index contributed by atoms with van der Waals surface area (Å²) >= 11 is 11.9. The molecule has 4 nitrogen and oxygen atoms in total. The molecule has 0 aliphatic heterocycles. The summed E-state index contributed by atoms with van der Waals surface area (Å²) in [6.07, 6.45) is 2.40. The van der Waals surface area contributed by atoms with Gasteiger partial charge in [0.1, 0.15) is 18.1 Å². The number of hydrogen-bond donors (Lipinski definition) is 0. The van der Waals surface area contributed by atoms with Gasteiger partial charge in [0, 0.05) is 17.3 Å². The molecule has 0 amide bonds. The maximum atomic E-state index is 6.08. The van der Waals surface area contributed by atoms with Crippen LogP contribution in [0.1, 0.15) is 17.5 Å². The van der Waals surface area contributed by atoms with Gasteiger partial charge in [0.2, 0.25) is 5.89 Å². The number of oxazole rings is 1. The van der Waals surface area contributed by atoms with Gasteiger partial charge < -0.3 is 8.98 Å². The molecule has 0 fully saturated rings. The van der Waals surface area contributed by atoms with Gasteiger partial charge in [-0.05, 0) is 25.1 Å². The van der Waals surface area contributed by atoms with Crippen LogP contribution in [-0.2, 0) is 13.0 Å². The first-order valence-electron chi connectivity index (χ1n) is 6.29. The number of aryl methyl sites for hydroxylation is 2. The van der Waals surface area contributed by atoms with E-state index in [-0.39, 0.29) is 0 Å². The van der Waals surface area contributed by atoms with Crippen molar-refractivity contribution in [2.45, 2.75) is 19.9 Å². The van der Waals surface area contributed by atoms with Crippen LogP contribution in [-0.4, -0.2) is 20.4 Å². The van der Waals surface area contributed by atoms with Gasteiger partial charge in [-0.1, -0.05) is 11.6 Å². The van der Waals surface area contributed by atoms with Crippen LogP contribution in [0.25, 0.3) is 11.0 Å². The Morgan fingerprint density at radius 2 is 2.20 bits per heavy atom. The van der Waals surface area contributed by atoms with Crippen molar-refractivity contribution in [2.24, 2.45) is 0 Å². The Hall–Kier alpha value is -1.52. The highest BCUT2D eigenvalue weighted by Gasteiger charge is 2.13. The van der Waals surface area contributed by atoms with Crippen LogP contribution in [0, 0.1) is 6.92 Å². The summed E-state index contributed by atoms with van der Waals surface area (Å²) in [5.74, 6) is 2.87. The summed E-state index contributed by atoms with van der Waals surface area (Å²) in [5.41, 5.74) is 1.87. The Morgan fingerprint density at radius 3 is 2.90 bits per heavy atom. The predicted molar refractivity (Wildman–Crippen MR) is 79.5 cm³/mol. The third-order valence-corrected chi connectivity index (χ3v) is 3.49. The number of halogens is 2. The van der Waals surface area contributed by atoms with Gasteiger partial charge in [-0.25, -0.2) is 9.97 Å². The lowest BCUT2D eigenvalue weighted by Crippen LogP contribution is -2.06. The minimum atomic E-state index is 0.516. The molecule has 0 unspecified atom stereocenters. The normalized spacial score (nSPS) is 11.3. The van der Waals surface area contributed by atoms with Crippen LogP contribution >= 0.6 is 23.2 Å². The fraction of sp³-hybridized carbons (Fsp3) is 0.286. The number of aromatic nitrogens is 3. The SMILES string of the molecule is Cc1cnc(Cn2c(CCCl)nc3ccc(Cl)cc32)o1. The second-order valence-electron chi connectivity index (χ2n) is 4.55. The highest BCUT2D eigenvalue weighted by molar-refractivity contribution is 6.31. The summed E-state index contributed by atoms with van der Waals surface area (Å²) in [5, 5.41) is 0.680. The monoisotopic (exact) mass is 309 g/mol. The van der Waals surface area contributed by atoms with Gasteiger partial charge in [-0.2, -0.15) is 0 Å². The maximum Gasteiger partial charge on any atom is 0.214 e. The largest absolute Gasteiger partial charge is 0.444 e. The molecule has 1 aromatic carbocycles. The fourth-order valence-electron chi connectivity index (χ4n) is 2.21. The van der Waals surface area contributed by atoms with Crippen molar-refractivity contribution >= 4 is 34.2 Å². The van der Waals surface area contributed by atoms with Crippen LogP contribution in [0.2, 0.25) is 5.02 Å². The molecule has 0 radical (unpaired) electrons. The van der Waals surface area contributed by atoms with E-state index in [0.29, 0.717) is 29.8 Å². The first-order chi connectivity index (χ1) is 9.67. The first-order valence-corrected chi connectivity index (χ1v) is 7.20. The molecule has 0 bridgehead atoms. The van der Waals surface area contributed by atoms with Crippen molar-refractivity contribution in [3.63, 3.8) is 0 Å². The number of rotatable bonds is 4. The molecule has 6 heteroatoms. The molecule has 2 heterocycles. The minimum Gasteiger partial charge on any atom is -0.444 e. The van der Waals surface area contributed by atoms with E-state index < -0.39 is 0 Å². The zero-order valence-corrected chi connectivity index (χ0v) is 12.4. The van der Waals surface area contributed by atoms with Crippen molar-refractivity contribution in [1.29, 1.82) is 0 Å². The number of alkyl halides is 1. The van der Waals surface area contributed by atoms with Crippen LogP contribution in [0.15, 0.2) is 28.8 Å². The topological polar surface area (TPSA) is 43.9 Å². The van der Waals surface area contributed by atoms with E-state index in [9.17, 15) is 0 Å². The molecule has 0 atom stereocenters. The molecule has 0 saturated carbocycles. The van der Waals surface area contributed by atoms with Crippen molar-refractivity contribution in [1.82, 2.24) is 14.5 Å². The van der Waals surface area contributed by atoms with E-state index >= 15 is 0 Å². The van der Waals surface area contributed by atoms with Crippen LogP contribution < -0.4 is 0 Å². The average Bonchev–Trinajstić information content (AvgIpc) is 2.96. The lowest BCUT2D eigenvalue weighted by molar-refractivity contribution is 0.456. The molecule has 20 heavy (non-hydrogen) atoms. The molecular formula is C14H13Cl2N3O. The second kappa shape index (κ2) is 5.46. The van der Waals surface area contributed by atoms with E-state index in [1.54, 1.807) is 6.20 Å². The highest BCUT2D eigenvalue weighted by Crippen LogP contribution is 2.22. The number of benzene rings is 1. The van der Waals surface area contributed by atoms with Crippen molar-refractivity contribution < 1.29 is 4.42 Å². The average molecular weight is 310 g/mol. The summed E-state index contributed by atoms with van der Waals surface area (Å²) in [7, 11) is 0. The van der Waals surface area contributed by atoms with Crippen molar-refractivity contribution in [3.8, 4) is 0 Å². The lowest BCUT2D eigenvalue weighted by atomic mass is 10.3. The lowest BCUT2D eigenvalue weighted by Gasteiger charge is -2.05. The standard InChI is InChI=1S/C14H13Cl2N3O/c1-9-7-17-14(20-9)8-19-12-6-10(16)2-3-11(12)18-13(19)4-5-15/h2-3,6-7H,4-5,8H2,1H3. The van der Waals surface area contributed by atoms with E-state index in [4.69, 9.17) is 27.6 Å². The molecule has 0 spiro atoms. The van der Waals surface area contributed by atoms with E-state index in [2.05, 4.69) is 14.5 Å². The second-order valence-corrected chi connectivity index (χ2v) is 5.37. The summed E-state index contributed by atoms with van der Waals surface area (Å²) < 4.78 is 7.59. The van der Waals surface area contributed by atoms with Gasteiger partial charge in [0.05, 0.1) is 17.2 Å². The quantitative estimate of drug-likeness (QED) is 0.688. The smallest absolute Gasteiger partial charge is 0.214 e. The molecule has 0 aliphatic rings. The number of imidazole rings is 1. The van der Waals surface area contributed by atoms with E-state index in [1.165, 1.54) is 0 Å². The third kappa shape index (κ3) is 2.53. The Balaban J connectivity index is 2.09. The Labute approximate surface area is 126 Å². The van der Waals surface area contributed by atoms with Crippen molar-refractivity contribution in [3.05, 3.63) is 46.9 Å². The molecule has 104 valence electrons. The molecule has 2 aromatic heterocycles. The Bertz CT molecular complexity index is 748. The molecule has 3 rings (SSSR count). The van der Waals surface area contributed by atoms with Gasteiger partial charge >= 0.3 is 0 Å². The first kappa shape index (κ1) is 13.5. The highest BCUT2D eigenvalue weighted by atomic mass is 35.5. The van der Waals surface area contributed by atoms with Gasteiger partial charge in [-0.15, -0.1) is 11.6 Å². The summed E-state index contributed by atoms with van der Waals surface area (Å²) in [6, 6.07) is 5.64. The van der Waals surface area contributed by atoms with Gasteiger partial charge in [-0.3, -0.25) is 0 Å². The summed E-state index contributed by atoms with van der Waals surface area (Å²) in [4.78, 5) is 8.84. The summed E-state index contributed by atoms with van der Waals surface area (Å²) in [6.45, 7) is 2.40. The van der Waals surface area contributed by atoms with Crippen LogP contribution in [0.3, 0.4) is 0 Å². The molecule has 3 aromatic rings. The van der Waals surface area contributed by atoms with E-state index in [0.717, 1.165) is 22.6 Å². The van der Waals surface area contributed by atoms with Crippen molar-refractivity contribution in [2.75, 3.05) is 5.88 Å². The van der Waals surface area contributed by atoms with Gasteiger partial charge in [0.25, 0.3) is 0 Å². The number of hydrogen-bond acceptors (Lipinski definition) is 3. The molecular weight excluding hydrogens is 297 g/mol. The number of fused-ring (bicyclic) bond motifs is 1. The molecule has 0 saturated heterocycles. The Kier molecular flexibility index (Phi) is 3.68. The minimum absolute atomic E-state index is 0.516. The number of nitrogens with zero attached hydrogens (tertiary/aromatic N) is 3. The Morgan fingerprint density at radius 1 is 1.35 bits per heavy atom. The maximum absolute atomic E-state index is 6.08. The predicted octanol–water partition coefficient (Wildman–Crippen LogP) is 3.82. The fourth-order valence-corrected chi connectivity index (χ4v) is 2.54. The van der Waals surface area contributed by atoms with Crippen LogP contribution in [0.4, 0.5) is 0 Å². The van der Waals surface area contributed by atoms with E-state index in [1.807, 2.05) is 25.1 Å². The third-order valence-electron chi connectivity index (χ3n) is 3.07. The zero-order chi connectivity index (χ0) is 14.1. The molecule has 0 N–H and O–H groups in total. The zero-order valence-electron chi connectivity index (χ0n) is 10.9. The van der Waals surface area contributed by atoms with Gasteiger partial charge in [0.15, 0.2) is 0 Å².